The number of hydrogen-bond donors (Lipinski definition) is 4. The molecule has 1 amide bonds. The Kier molecular flexibility index (Phi) is 6.63. The highest BCUT2D eigenvalue weighted by molar-refractivity contribution is 6.39. The van der Waals surface area contributed by atoms with Crippen molar-refractivity contribution in [2.45, 2.75) is 51.0 Å². The van der Waals surface area contributed by atoms with E-state index in [4.69, 9.17) is 28.9 Å². The molecule has 0 atom stereocenters. The average Bonchev–Trinajstić information content (AvgIpc) is 2.75. The van der Waals surface area contributed by atoms with Crippen molar-refractivity contribution in [1.29, 1.82) is 0 Å². The molecule has 6 nitrogen and oxygen atoms in total. The third-order valence-electron chi connectivity index (χ3n) is 6.05. The van der Waals surface area contributed by atoms with E-state index in [2.05, 4.69) is 10.3 Å². The summed E-state index contributed by atoms with van der Waals surface area (Å²) >= 11 is 12.2. The first-order valence-electron chi connectivity index (χ1n) is 10.8. The fourth-order valence-corrected chi connectivity index (χ4v) is 4.71. The van der Waals surface area contributed by atoms with E-state index in [1.807, 2.05) is 0 Å². The predicted octanol–water partition coefficient (Wildman–Crippen LogP) is 5.63. The molecule has 0 saturated heterocycles. The Bertz CT molecular complexity index is 1210. The van der Waals surface area contributed by atoms with E-state index >= 15 is 0 Å². The van der Waals surface area contributed by atoms with Gasteiger partial charge in [0, 0.05) is 17.2 Å². The normalized spacial score (nSPS) is 15.3. The van der Waals surface area contributed by atoms with Gasteiger partial charge >= 0.3 is 0 Å². The van der Waals surface area contributed by atoms with Gasteiger partial charge in [0.25, 0.3) is 5.91 Å². The van der Waals surface area contributed by atoms with Crippen LogP contribution in [0.1, 0.15) is 55.3 Å². The zero-order valence-electron chi connectivity index (χ0n) is 17.5. The molecule has 5 N–H and O–H groups in total. The fraction of sp³-hybridized carbons (Fsp3) is 0.333. The Morgan fingerprint density at radius 1 is 1.03 bits per heavy atom. The van der Waals surface area contributed by atoms with E-state index in [0.717, 1.165) is 25.7 Å². The number of nitrogens with one attached hydrogen (secondary N) is 2. The van der Waals surface area contributed by atoms with Gasteiger partial charge in [0.1, 0.15) is 0 Å². The number of benzene rings is 2. The zero-order valence-corrected chi connectivity index (χ0v) is 19.0. The largest absolute Gasteiger partial charge is 0.503 e. The summed E-state index contributed by atoms with van der Waals surface area (Å²) in [5.41, 5.74) is 6.89. The maximum atomic E-state index is 12.9. The molecule has 1 fully saturated rings. The van der Waals surface area contributed by atoms with Gasteiger partial charge in [0.2, 0.25) is 5.43 Å². The molecule has 1 aliphatic carbocycles. The number of halogens is 2. The van der Waals surface area contributed by atoms with Crippen LogP contribution in [0.4, 0.5) is 5.69 Å². The summed E-state index contributed by atoms with van der Waals surface area (Å²) in [6.07, 6.45) is 7.81. The summed E-state index contributed by atoms with van der Waals surface area (Å²) in [7, 11) is 0. The van der Waals surface area contributed by atoms with E-state index in [1.54, 1.807) is 12.1 Å². The van der Waals surface area contributed by atoms with E-state index in [-0.39, 0.29) is 38.8 Å². The Labute approximate surface area is 195 Å². The van der Waals surface area contributed by atoms with Crippen molar-refractivity contribution >= 4 is 45.7 Å². The van der Waals surface area contributed by atoms with Gasteiger partial charge in [0.05, 0.1) is 32.3 Å². The summed E-state index contributed by atoms with van der Waals surface area (Å²) in [6.45, 7) is 0. The number of rotatable bonds is 3. The molecule has 8 heteroatoms. The van der Waals surface area contributed by atoms with Crippen LogP contribution in [0.2, 0.25) is 10.0 Å². The average molecular weight is 474 g/mol. The van der Waals surface area contributed by atoms with Gasteiger partial charge in [-0.1, -0.05) is 55.3 Å². The molecule has 168 valence electrons. The molecule has 1 aromatic heterocycles. The molecule has 0 unspecified atom stereocenters. The first kappa shape index (κ1) is 22.5. The highest BCUT2D eigenvalue weighted by Gasteiger charge is 2.19. The number of pyridine rings is 1. The van der Waals surface area contributed by atoms with E-state index < -0.39 is 11.2 Å². The molecule has 4 rings (SSSR count). The minimum atomic E-state index is -0.585. The van der Waals surface area contributed by atoms with Crippen molar-refractivity contribution in [3.63, 3.8) is 0 Å². The van der Waals surface area contributed by atoms with E-state index in [0.29, 0.717) is 16.6 Å². The number of carbonyl (C=O) groups excluding carboxylic acids is 1. The third kappa shape index (κ3) is 4.57. The Morgan fingerprint density at radius 2 is 1.66 bits per heavy atom. The Hall–Kier alpha value is -2.70. The molecule has 0 spiro atoms. The van der Waals surface area contributed by atoms with Crippen molar-refractivity contribution in [3.05, 3.63) is 56.2 Å². The molecule has 3 aromatic rings. The van der Waals surface area contributed by atoms with Gasteiger partial charge in [-0.15, -0.1) is 0 Å². The van der Waals surface area contributed by atoms with Crippen LogP contribution < -0.4 is 16.5 Å². The number of nitrogen functional groups attached to an aromatic ring is 1. The number of hydrogen-bond acceptors (Lipinski definition) is 4. The van der Waals surface area contributed by atoms with E-state index in [1.165, 1.54) is 37.5 Å². The van der Waals surface area contributed by atoms with Crippen molar-refractivity contribution in [2.24, 2.45) is 0 Å². The fourth-order valence-electron chi connectivity index (χ4n) is 4.22. The second kappa shape index (κ2) is 9.43. The van der Waals surface area contributed by atoms with Crippen molar-refractivity contribution in [1.82, 2.24) is 10.3 Å². The number of nitrogens with two attached hydrogens (primary N) is 1. The standard InChI is InChI=1S/C24H25Cl2N3O3/c25-17-11-14(12-18(26)20(17)27)21-23(31)22(30)16-10-13(8-9-19(16)29-21)24(32)28-15-6-4-2-1-3-5-7-15/h8-12,15,31H,1-7,27H2,(H,28,32)(H,29,30). The monoisotopic (exact) mass is 473 g/mol. The number of aromatic nitrogens is 1. The number of H-pyrrole nitrogens is 1. The van der Waals surface area contributed by atoms with Gasteiger partial charge in [0.15, 0.2) is 5.75 Å². The molecule has 32 heavy (non-hydrogen) atoms. The molecule has 0 bridgehead atoms. The van der Waals surface area contributed by atoms with Gasteiger partial charge in [-0.3, -0.25) is 9.59 Å². The third-order valence-corrected chi connectivity index (χ3v) is 6.67. The predicted molar refractivity (Wildman–Crippen MR) is 130 cm³/mol. The first-order chi connectivity index (χ1) is 15.3. The maximum Gasteiger partial charge on any atom is 0.251 e. The van der Waals surface area contributed by atoms with Gasteiger partial charge in [-0.2, -0.15) is 0 Å². The number of fused-ring (bicyclic) bond motifs is 1. The lowest BCUT2D eigenvalue weighted by Crippen LogP contribution is -2.35. The van der Waals surface area contributed by atoms with Crippen LogP contribution in [0.5, 0.6) is 5.75 Å². The first-order valence-corrected chi connectivity index (χ1v) is 11.6. The van der Waals surface area contributed by atoms with Crippen LogP contribution in [0.25, 0.3) is 22.2 Å². The Balaban J connectivity index is 1.66. The lowest BCUT2D eigenvalue weighted by atomic mass is 9.96. The zero-order chi connectivity index (χ0) is 22.8. The molecule has 0 radical (unpaired) electrons. The lowest BCUT2D eigenvalue weighted by molar-refractivity contribution is 0.0930. The number of carbonyl (C=O) groups is 1. The Morgan fingerprint density at radius 3 is 2.31 bits per heavy atom. The molecule has 1 saturated carbocycles. The van der Waals surface area contributed by atoms with Crippen LogP contribution in [0.15, 0.2) is 35.1 Å². The van der Waals surface area contributed by atoms with Crippen LogP contribution in [-0.4, -0.2) is 22.0 Å². The van der Waals surface area contributed by atoms with Gasteiger partial charge in [-0.05, 0) is 43.2 Å². The van der Waals surface area contributed by atoms with E-state index in [9.17, 15) is 14.7 Å². The topological polar surface area (TPSA) is 108 Å². The minimum absolute atomic E-state index is 0.146. The number of anilines is 1. The van der Waals surface area contributed by atoms with Crippen LogP contribution in [0.3, 0.4) is 0 Å². The molecule has 2 aromatic carbocycles. The number of amides is 1. The summed E-state index contributed by atoms with van der Waals surface area (Å²) < 4.78 is 0. The smallest absolute Gasteiger partial charge is 0.251 e. The lowest BCUT2D eigenvalue weighted by Gasteiger charge is -2.21. The summed E-state index contributed by atoms with van der Waals surface area (Å²) in [4.78, 5) is 28.8. The number of aromatic hydroxyl groups is 1. The van der Waals surface area contributed by atoms with Crippen LogP contribution >= 0.6 is 23.2 Å². The summed E-state index contributed by atoms with van der Waals surface area (Å²) in [5, 5.41) is 14.3. The molecule has 0 aliphatic heterocycles. The quantitative estimate of drug-likeness (QED) is 0.369. The van der Waals surface area contributed by atoms with Crippen molar-refractivity contribution in [2.75, 3.05) is 5.73 Å². The van der Waals surface area contributed by atoms with Gasteiger partial charge in [-0.25, -0.2) is 0 Å². The molecule has 1 heterocycles. The molecular formula is C24H25Cl2N3O3. The summed E-state index contributed by atoms with van der Waals surface area (Å²) in [6, 6.07) is 8.03. The molecular weight excluding hydrogens is 449 g/mol. The van der Waals surface area contributed by atoms with Crippen molar-refractivity contribution < 1.29 is 9.90 Å². The van der Waals surface area contributed by atoms with Crippen LogP contribution in [0, 0.1) is 0 Å². The summed E-state index contributed by atoms with van der Waals surface area (Å²) in [5.74, 6) is -0.690. The number of aromatic amines is 1. The highest BCUT2D eigenvalue weighted by Crippen LogP contribution is 2.35. The second-order valence-electron chi connectivity index (χ2n) is 8.31. The minimum Gasteiger partial charge on any atom is -0.503 e. The van der Waals surface area contributed by atoms with Crippen LogP contribution in [-0.2, 0) is 0 Å². The SMILES string of the molecule is Nc1c(Cl)cc(-c2[nH]c3ccc(C(=O)NC4CCCCCCC4)cc3c(=O)c2O)cc1Cl. The molecule has 1 aliphatic rings. The second-order valence-corrected chi connectivity index (χ2v) is 9.12. The highest BCUT2D eigenvalue weighted by atomic mass is 35.5. The van der Waals surface area contributed by atoms with Crippen molar-refractivity contribution in [3.8, 4) is 17.0 Å². The van der Waals surface area contributed by atoms with Gasteiger partial charge < -0.3 is 21.1 Å². The maximum absolute atomic E-state index is 12.9.